The van der Waals surface area contributed by atoms with E-state index in [9.17, 15) is 9.90 Å². The van der Waals surface area contributed by atoms with Crippen molar-refractivity contribution in [3.8, 4) is 11.5 Å². The molecule has 0 aromatic heterocycles. The predicted molar refractivity (Wildman–Crippen MR) is 88.1 cm³/mol. The van der Waals surface area contributed by atoms with Crippen LogP contribution < -0.4 is 15.4 Å². The number of anilines is 2. The van der Waals surface area contributed by atoms with Crippen LogP contribution in [0.5, 0.6) is 11.5 Å². The molecule has 0 bridgehead atoms. The molecule has 1 saturated carbocycles. The smallest absolute Gasteiger partial charge is 0.267 e. The third-order valence-corrected chi connectivity index (χ3v) is 4.24. The molecule has 0 radical (unpaired) electrons. The van der Waals surface area contributed by atoms with Crippen molar-refractivity contribution >= 4 is 17.3 Å². The summed E-state index contributed by atoms with van der Waals surface area (Å²) in [6.45, 7) is 0.412. The molecule has 5 nitrogen and oxygen atoms in total. The van der Waals surface area contributed by atoms with Crippen LogP contribution in [-0.4, -0.2) is 23.7 Å². The van der Waals surface area contributed by atoms with Gasteiger partial charge in [-0.15, -0.1) is 0 Å². The molecule has 1 fully saturated rings. The van der Waals surface area contributed by atoms with Gasteiger partial charge in [0.05, 0.1) is 12.2 Å². The summed E-state index contributed by atoms with van der Waals surface area (Å²) < 4.78 is 5.73. The summed E-state index contributed by atoms with van der Waals surface area (Å²) in [4.78, 5) is 12.4. The van der Waals surface area contributed by atoms with Crippen LogP contribution in [-0.2, 0) is 4.79 Å². The molecular weight excluding hydrogens is 292 g/mol. The molecule has 0 spiro atoms. The van der Waals surface area contributed by atoms with Crippen LogP contribution in [0.15, 0.2) is 42.5 Å². The predicted octanol–water partition coefficient (Wildman–Crippen LogP) is 3.08. The van der Waals surface area contributed by atoms with Gasteiger partial charge in [-0.25, -0.2) is 0 Å². The topological polar surface area (TPSA) is 70.6 Å². The molecular formula is C18H18N2O3. The number of nitrogens with one attached hydrogen (secondary N) is 2. The monoisotopic (exact) mass is 310 g/mol. The Balaban J connectivity index is 1.45. The fourth-order valence-corrected chi connectivity index (χ4v) is 2.84. The van der Waals surface area contributed by atoms with Gasteiger partial charge in [-0.2, -0.15) is 0 Å². The van der Waals surface area contributed by atoms with E-state index in [1.54, 1.807) is 6.07 Å². The van der Waals surface area contributed by atoms with E-state index in [-0.39, 0.29) is 11.7 Å². The molecule has 1 aliphatic heterocycles. The number of amides is 1. The number of carbonyl (C=O) groups is 1. The lowest BCUT2D eigenvalue weighted by atomic mass is 10.1. The van der Waals surface area contributed by atoms with Crippen LogP contribution in [0.1, 0.15) is 24.3 Å². The molecule has 4 rings (SSSR count). The van der Waals surface area contributed by atoms with Gasteiger partial charge in [-0.05, 0) is 42.5 Å². The largest absolute Gasteiger partial charge is 0.508 e. The van der Waals surface area contributed by atoms with E-state index >= 15 is 0 Å². The van der Waals surface area contributed by atoms with Gasteiger partial charge < -0.3 is 20.5 Å². The fourth-order valence-electron chi connectivity index (χ4n) is 2.84. The first-order valence-corrected chi connectivity index (χ1v) is 7.84. The van der Waals surface area contributed by atoms with Crippen LogP contribution in [0.25, 0.3) is 0 Å². The van der Waals surface area contributed by atoms with E-state index in [2.05, 4.69) is 10.6 Å². The Morgan fingerprint density at radius 3 is 2.83 bits per heavy atom. The lowest BCUT2D eigenvalue weighted by molar-refractivity contribution is -0.122. The zero-order valence-corrected chi connectivity index (χ0v) is 12.6. The van der Waals surface area contributed by atoms with E-state index in [4.69, 9.17) is 4.74 Å². The average Bonchev–Trinajstić information content (AvgIpc) is 3.39. The minimum Gasteiger partial charge on any atom is -0.508 e. The number of carbonyl (C=O) groups excluding carboxylic acids is 1. The molecule has 1 heterocycles. The maximum absolute atomic E-state index is 12.4. The van der Waals surface area contributed by atoms with Crippen LogP contribution in [0.3, 0.4) is 0 Å². The van der Waals surface area contributed by atoms with Crippen molar-refractivity contribution in [3.63, 3.8) is 0 Å². The summed E-state index contributed by atoms with van der Waals surface area (Å²) in [6, 6.07) is 12.9. The van der Waals surface area contributed by atoms with Gasteiger partial charge in [0.15, 0.2) is 6.10 Å². The molecule has 2 aromatic carbocycles. The van der Waals surface area contributed by atoms with E-state index in [0.29, 0.717) is 23.9 Å². The number of rotatable bonds is 3. The third-order valence-electron chi connectivity index (χ3n) is 4.24. The van der Waals surface area contributed by atoms with Gasteiger partial charge in [0.25, 0.3) is 5.91 Å². The molecule has 2 aliphatic rings. The quantitative estimate of drug-likeness (QED) is 0.815. The average molecular weight is 310 g/mol. The molecule has 5 heteroatoms. The van der Waals surface area contributed by atoms with E-state index in [1.807, 2.05) is 36.4 Å². The van der Waals surface area contributed by atoms with Crippen molar-refractivity contribution in [1.29, 1.82) is 0 Å². The number of benzene rings is 2. The second kappa shape index (κ2) is 5.50. The highest BCUT2D eigenvalue weighted by Gasteiger charge is 2.28. The molecule has 3 N–H and O–H groups in total. The maximum Gasteiger partial charge on any atom is 0.267 e. The number of para-hydroxylation sites is 2. The van der Waals surface area contributed by atoms with Gasteiger partial charge in [0.2, 0.25) is 0 Å². The number of hydrogen-bond acceptors (Lipinski definition) is 4. The van der Waals surface area contributed by atoms with Crippen LogP contribution in [0.2, 0.25) is 0 Å². The third kappa shape index (κ3) is 2.82. The van der Waals surface area contributed by atoms with Crippen molar-refractivity contribution < 1.29 is 14.6 Å². The number of aromatic hydroxyl groups is 1. The number of hydrogen-bond donors (Lipinski definition) is 3. The summed E-state index contributed by atoms with van der Waals surface area (Å²) in [5.41, 5.74) is 2.44. The standard InChI is InChI=1S/C18H18N2O3/c21-15-9-12(7-8-13(15)11-5-6-11)20-18(22)17-10-19-14-3-1-2-4-16(14)23-17/h1-4,7-9,11,17,19,21H,5-6,10H2,(H,20,22). The van der Waals surface area contributed by atoms with Gasteiger partial charge in [-0.3, -0.25) is 4.79 Å². The zero-order valence-electron chi connectivity index (χ0n) is 12.6. The molecule has 1 atom stereocenters. The second-order valence-electron chi connectivity index (χ2n) is 6.02. The Bertz CT molecular complexity index is 756. The van der Waals surface area contributed by atoms with Gasteiger partial charge in [-0.1, -0.05) is 18.2 Å². The lowest BCUT2D eigenvalue weighted by Gasteiger charge is -2.26. The molecule has 118 valence electrons. The Kier molecular flexibility index (Phi) is 3.33. The molecule has 1 amide bonds. The van der Waals surface area contributed by atoms with Crippen molar-refractivity contribution in [3.05, 3.63) is 48.0 Å². The van der Waals surface area contributed by atoms with Crippen molar-refractivity contribution in [2.75, 3.05) is 17.2 Å². The Labute approximate surface area is 134 Å². The Morgan fingerprint density at radius 2 is 2.04 bits per heavy atom. The minimum atomic E-state index is -0.602. The number of fused-ring (bicyclic) bond motifs is 1. The number of phenolic OH excluding ortho intramolecular Hbond substituents is 1. The highest BCUT2D eigenvalue weighted by molar-refractivity contribution is 5.95. The van der Waals surface area contributed by atoms with E-state index < -0.39 is 6.10 Å². The summed E-state index contributed by atoms with van der Waals surface area (Å²) in [7, 11) is 0. The van der Waals surface area contributed by atoms with E-state index in [1.165, 1.54) is 0 Å². The SMILES string of the molecule is O=C(Nc1ccc(C2CC2)c(O)c1)C1CNc2ccccc2O1. The van der Waals surface area contributed by atoms with Gasteiger partial charge in [0, 0.05) is 11.8 Å². The molecule has 1 aliphatic carbocycles. The van der Waals surface area contributed by atoms with Crippen molar-refractivity contribution in [2.24, 2.45) is 0 Å². The van der Waals surface area contributed by atoms with Gasteiger partial charge in [0.1, 0.15) is 11.5 Å². The van der Waals surface area contributed by atoms with Crippen molar-refractivity contribution in [1.82, 2.24) is 0 Å². The molecule has 0 saturated heterocycles. The zero-order chi connectivity index (χ0) is 15.8. The second-order valence-corrected chi connectivity index (χ2v) is 6.02. The molecule has 1 unspecified atom stereocenters. The first kappa shape index (κ1) is 13.9. The first-order valence-electron chi connectivity index (χ1n) is 7.84. The number of phenols is 1. The van der Waals surface area contributed by atoms with Crippen LogP contribution in [0.4, 0.5) is 11.4 Å². The Morgan fingerprint density at radius 1 is 1.22 bits per heavy atom. The summed E-state index contributed by atoms with van der Waals surface area (Å²) in [5, 5.41) is 16.1. The first-order chi connectivity index (χ1) is 11.2. The maximum atomic E-state index is 12.4. The number of ether oxygens (including phenoxy) is 1. The van der Waals surface area contributed by atoms with Crippen molar-refractivity contribution in [2.45, 2.75) is 24.9 Å². The normalized spacial score (nSPS) is 19.2. The fraction of sp³-hybridized carbons (Fsp3) is 0.278. The Hall–Kier alpha value is -2.69. The summed E-state index contributed by atoms with van der Waals surface area (Å²) in [5.74, 6) is 1.16. The lowest BCUT2D eigenvalue weighted by Crippen LogP contribution is -2.41. The van der Waals surface area contributed by atoms with Crippen LogP contribution in [0, 0.1) is 0 Å². The van der Waals surface area contributed by atoms with Gasteiger partial charge >= 0.3 is 0 Å². The highest BCUT2D eigenvalue weighted by atomic mass is 16.5. The van der Waals surface area contributed by atoms with E-state index in [0.717, 1.165) is 24.1 Å². The summed E-state index contributed by atoms with van der Waals surface area (Å²) in [6.07, 6.45) is 1.65. The molecule has 2 aromatic rings. The highest BCUT2D eigenvalue weighted by Crippen LogP contribution is 2.44. The summed E-state index contributed by atoms with van der Waals surface area (Å²) >= 11 is 0. The van der Waals surface area contributed by atoms with Crippen LogP contribution >= 0.6 is 0 Å². The molecule has 23 heavy (non-hydrogen) atoms. The minimum absolute atomic E-state index is 0.231.